The molecule has 2 atom stereocenters. The summed E-state index contributed by atoms with van der Waals surface area (Å²) in [4.78, 5) is 9.69. The van der Waals surface area contributed by atoms with Crippen LogP contribution in [-0.2, 0) is 14.1 Å². The summed E-state index contributed by atoms with van der Waals surface area (Å²) in [5.41, 5.74) is 3.03. The number of nitriles is 1. The van der Waals surface area contributed by atoms with Gasteiger partial charge in [-0.25, -0.2) is 4.98 Å². The zero-order valence-corrected chi connectivity index (χ0v) is 17.4. The van der Waals surface area contributed by atoms with Crippen LogP contribution in [0.2, 0.25) is 0 Å². The molecule has 2 saturated heterocycles. The monoisotopic (exact) mass is 402 g/mol. The van der Waals surface area contributed by atoms with Crippen molar-refractivity contribution in [2.24, 2.45) is 14.1 Å². The van der Waals surface area contributed by atoms with Crippen LogP contribution in [0.3, 0.4) is 0 Å². The molecule has 0 spiro atoms. The van der Waals surface area contributed by atoms with Gasteiger partial charge in [-0.2, -0.15) is 15.5 Å². The molecule has 2 fully saturated rings. The molecule has 3 aromatic heterocycles. The molecular formula is C22H26N8. The van der Waals surface area contributed by atoms with Crippen LogP contribution in [-0.4, -0.2) is 37.6 Å². The molecule has 8 nitrogen and oxygen atoms in total. The smallest absolute Gasteiger partial charge is 0.149 e. The largest absolute Gasteiger partial charge is 0.349 e. The van der Waals surface area contributed by atoms with Crippen LogP contribution in [0.25, 0.3) is 0 Å². The van der Waals surface area contributed by atoms with Crippen LogP contribution in [0, 0.1) is 11.3 Å². The molecule has 2 aliphatic heterocycles. The third-order valence-corrected chi connectivity index (χ3v) is 6.27. The second-order valence-electron chi connectivity index (χ2n) is 8.25. The summed E-state index contributed by atoms with van der Waals surface area (Å²) in [6, 6.07) is 6.76. The predicted octanol–water partition coefficient (Wildman–Crippen LogP) is 3.10. The Bertz CT molecular complexity index is 1090. The van der Waals surface area contributed by atoms with Crippen molar-refractivity contribution in [1.29, 1.82) is 5.26 Å². The molecule has 30 heavy (non-hydrogen) atoms. The van der Waals surface area contributed by atoms with E-state index >= 15 is 0 Å². The molecular weight excluding hydrogens is 376 g/mol. The molecule has 2 aliphatic rings. The van der Waals surface area contributed by atoms with Gasteiger partial charge in [0.05, 0.1) is 30.0 Å². The number of hydrogen-bond acceptors (Lipinski definition) is 6. The van der Waals surface area contributed by atoms with Gasteiger partial charge in [-0.15, -0.1) is 0 Å². The number of aromatic nitrogens is 5. The Labute approximate surface area is 176 Å². The van der Waals surface area contributed by atoms with Gasteiger partial charge >= 0.3 is 0 Å². The van der Waals surface area contributed by atoms with Crippen molar-refractivity contribution in [2.45, 2.75) is 37.8 Å². The third-order valence-electron chi connectivity index (χ3n) is 6.27. The van der Waals surface area contributed by atoms with Crippen molar-refractivity contribution < 1.29 is 0 Å². The molecule has 8 heteroatoms. The molecule has 0 saturated carbocycles. The van der Waals surface area contributed by atoms with Crippen LogP contribution in [0.15, 0.2) is 36.9 Å². The average Bonchev–Trinajstić information content (AvgIpc) is 3.53. The molecule has 0 bridgehead atoms. The number of aryl methyl sites for hydroxylation is 2. The van der Waals surface area contributed by atoms with E-state index in [2.05, 4.69) is 38.5 Å². The van der Waals surface area contributed by atoms with E-state index < -0.39 is 0 Å². The van der Waals surface area contributed by atoms with E-state index in [0.29, 0.717) is 5.56 Å². The van der Waals surface area contributed by atoms with E-state index in [4.69, 9.17) is 4.98 Å². The van der Waals surface area contributed by atoms with Gasteiger partial charge in [0.25, 0.3) is 0 Å². The molecule has 0 N–H and O–H groups in total. The van der Waals surface area contributed by atoms with E-state index in [-0.39, 0.29) is 12.1 Å². The summed E-state index contributed by atoms with van der Waals surface area (Å²) in [7, 11) is 3.89. The maximum Gasteiger partial charge on any atom is 0.149 e. The SMILES string of the molecule is Cn1cc(C2CCCN2c2ccc(C#N)c(N3CCCC3c3cnn(C)c3)n2)cn1. The van der Waals surface area contributed by atoms with Gasteiger partial charge in [-0.3, -0.25) is 9.36 Å². The van der Waals surface area contributed by atoms with E-state index in [0.717, 1.165) is 50.4 Å². The highest BCUT2D eigenvalue weighted by molar-refractivity contribution is 5.61. The topological polar surface area (TPSA) is 78.8 Å². The molecule has 3 aromatic rings. The Balaban J connectivity index is 1.50. The Morgan fingerprint density at radius 3 is 2.07 bits per heavy atom. The third kappa shape index (κ3) is 3.20. The Morgan fingerprint density at radius 2 is 1.50 bits per heavy atom. The van der Waals surface area contributed by atoms with Crippen LogP contribution in [0.1, 0.15) is 54.5 Å². The molecule has 2 unspecified atom stereocenters. The number of nitrogens with zero attached hydrogens (tertiary/aromatic N) is 8. The van der Waals surface area contributed by atoms with Gasteiger partial charge in [0.2, 0.25) is 0 Å². The van der Waals surface area contributed by atoms with Crippen LogP contribution >= 0.6 is 0 Å². The van der Waals surface area contributed by atoms with Crippen LogP contribution in [0.5, 0.6) is 0 Å². The first-order valence-electron chi connectivity index (χ1n) is 10.6. The lowest BCUT2D eigenvalue weighted by atomic mass is 10.1. The molecule has 0 aromatic carbocycles. The lowest BCUT2D eigenvalue weighted by molar-refractivity contribution is 0.695. The highest BCUT2D eigenvalue weighted by Crippen LogP contribution is 2.40. The van der Waals surface area contributed by atoms with Gasteiger partial charge in [0, 0.05) is 50.7 Å². The zero-order chi connectivity index (χ0) is 20.7. The highest BCUT2D eigenvalue weighted by atomic mass is 15.3. The molecule has 5 heterocycles. The van der Waals surface area contributed by atoms with Gasteiger partial charge in [-0.05, 0) is 37.8 Å². The summed E-state index contributed by atoms with van der Waals surface area (Å²) in [6.07, 6.45) is 12.4. The first kappa shape index (κ1) is 18.7. The van der Waals surface area contributed by atoms with Gasteiger partial charge in [0.1, 0.15) is 17.7 Å². The minimum atomic E-state index is 0.209. The van der Waals surface area contributed by atoms with Crippen LogP contribution in [0.4, 0.5) is 11.6 Å². The number of rotatable bonds is 4. The second-order valence-corrected chi connectivity index (χ2v) is 8.25. The van der Waals surface area contributed by atoms with E-state index in [9.17, 15) is 5.26 Å². The fourth-order valence-corrected chi connectivity index (χ4v) is 4.88. The van der Waals surface area contributed by atoms with Crippen molar-refractivity contribution in [3.63, 3.8) is 0 Å². The summed E-state index contributed by atoms with van der Waals surface area (Å²) in [5, 5.41) is 18.5. The quantitative estimate of drug-likeness (QED) is 0.667. The highest BCUT2D eigenvalue weighted by Gasteiger charge is 2.32. The number of pyridine rings is 1. The van der Waals surface area contributed by atoms with Gasteiger partial charge < -0.3 is 9.80 Å². The average molecular weight is 403 g/mol. The van der Waals surface area contributed by atoms with Crippen molar-refractivity contribution in [1.82, 2.24) is 24.5 Å². The van der Waals surface area contributed by atoms with Crippen molar-refractivity contribution >= 4 is 11.6 Å². The maximum atomic E-state index is 9.77. The van der Waals surface area contributed by atoms with Crippen molar-refractivity contribution in [3.8, 4) is 6.07 Å². The van der Waals surface area contributed by atoms with E-state index in [1.165, 1.54) is 11.1 Å². The Hall–Kier alpha value is -3.34. The molecule has 0 aliphatic carbocycles. The van der Waals surface area contributed by atoms with E-state index in [1.54, 1.807) is 0 Å². The summed E-state index contributed by atoms with van der Waals surface area (Å²) >= 11 is 0. The van der Waals surface area contributed by atoms with Crippen molar-refractivity contribution in [2.75, 3.05) is 22.9 Å². The zero-order valence-electron chi connectivity index (χ0n) is 17.4. The van der Waals surface area contributed by atoms with Gasteiger partial charge in [0.15, 0.2) is 0 Å². The summed E-state index contributed by atoms with van der Waals surface area (Å²) in [6.45, 7) is 1.86. The minimum absolute atomic E-state index is 0.209. The molecule has 0 radical (unpaired) electrons. The first-order valence-corrected chi connectivity index (χ1v) is 10.6. The number of hydrogen-bond donors (Lipinski definition) is 0. The summed E-state index contributed by atoms with van der Waals surface area (Å²) < 4.78 is 3.69. The number of anilines is 2. The maximum absolute atomic E-state index is 9.77. The minimum Gasteiger partial charge on any atom is -0.349 e. The normalized spacial score (nSPS) is 21.4. The standard InChI is InChI=1S/C22H26N8/c1-27-14-17(12-24-27)19-5-3-9-29(19)21-8-7-16(11-23)22(26-21)30-10-4-6-20(30)18-13-25-28(2)15-18/h7-8,12-15,19-20H,3-6,9-10H2,1-2H3. The fourth-order valence-electron chi connectivity index (χ4n) is 4.88. The fraction of sp³-hybridized carbons (Fsp3) is 0.455. The lowest BCUT2D eigenvalue weighted by Gasteiger charge is -2.29. The molecule has 0 amide bonds. The predicted molar refractivity (Wildman–Crippen MR) is 114 cm³/mol. The van der Waals surface area contributed by atoms with E-state index in [1.807, 2.05) is 48.0 Å². The first-order chi connectivity index (χ1) is 14.6. The Kier molecular flexibility index (Phi) is 4.66. The summed E-state index contributed by atoms with van der Waals surface area (Å²) in [5.74, 6) is 1.73. The molecule has 5 rings (SSSR count). The van der Waals surface area contributed by atoms with Crippen molar-refractivity contribution in [3.05, 3.63) is 53.6 Å². The Morgan fingerprint density at radius 1 is 0.900 bits per heavy atom. The van der Waals surface area contributed by atoms with Crippen LogP contribution < -0.4 is 9.80 Å². The van der Waals surface area contributed by atoms with Gasteiger partial charge in [-0.1, -0.05) is 0 Å². The second kappa shape index (κ2) is 7.48. The lowest BCUT2D eigenvalue weighted by Crippen LogP contribution is -2.27. The molecule has 154 valence electrons.